The summed E-state index contributed by atoms with van der Waals surface area (Å²) in [5.41, 5.74) is 6.22. The molecule has 2 saturated heterocycles. The van der Waals surface area contributed by atoms with Crippen molar-refractivity contribution < 1.29 is 17.9 Å². The van der Waals surface area contributed by atoms with Crippen LogP contribution in [-0.2, 0) is 14.8 Å². The summed E-state index contributed by atoms with van der Waals surface area (Å²) in [6.07, 6.45) is 0.908. The molecular weight excluding hydrogens is 342 g/mol. The van der Waals surface area contributed by atoms with Crippen LogP contribution in [0.5, 0.6) is 0 Å². The van der Waals surface area contributed by atoms with E-state index in [2.05, 4.69) is 0 Å². The number of likely N-dealkylation sites (tertiary alicyclic amines) is 1. The lowest BCUT2D eigenvalue weighted by Crippen LogP contribution is -2.40. The molecule has 2 aliphatic rings. The quantitative estimate of drug-likeness (QED) is 0.837. The van der Waals surface area contributed by atoms with E-state index in [-0.39, 0.29) is 16.8 Å². The van der Waals surface area contributed by atoms with Crippen LogP contribution in [0, 0.1) is 5.92 Å². The Labute approximate surface area is 148 Å². The molecule has 138 valence electrons. The number of sulfonamides is 1. The maximum absolute atomic E-state index is 12.7. The van der Waals surface area contributed by atoms with Gasteiger partial charge in [0.1, 0.15) is 0 Å². The Bertz CT molecular complexity index is 714. The molecule has 3 rings (SSSR count). The highest BCUT2D eigenvalue weighted by Gasteiger charge is 2.32. The van der Waals surface area contributed by atoms with Crippen molar-refractivity contribution in [3.05, 3.63) is 29.8 Å². The lowest BCUT2D eigenvalue weighted by Gasteiger charge is -2.26. The van der Waals surface area contributed by atoms with E-state index in [4.69, 9.17) is 10.5 Å². The Kier molecular flexibility index (Phi) is 5.43. The van der Waals surface area contributed by atoms with E-state index in [1.54, 1.807) is 12.1 Å². The van der Waals surface area contributed by atoms with Gasteiger partial charge in [0, 0.05) is 31.2 Å². The molecule has 0 radical (unpaired) electrons. The molecule has 2 atom stereocenters. The molecule has 1 aromatic carbocycles. The van der Waals surface area contributed by atoms with Crippen molar-refractivity contribution in [2.24, 2.45) is 11.7 Å². The summed E-state index contributed by atoms with van der Waals surface area (Å²) in [5.74, 6) is 0.263. The zero-order valence-electron chi connectivity index (χ0n) is 14.4. The normalized spacial score (nSPS) is 25.3. The summed E-state index contributed by atoms with van der Waals surface area (Å²) in [6.45, 7) is 4.78. The number of morpholine rings is 1. The minimum absolute atomic E-state index is 0.0706. The molecule has 0 saturated carbocycles. The minimum Gasteiger partial charge on any atom is -0.379 e. The molecule has 2 N–H and O–H groups in total. The van der Waals surface area contributed by atoms with Crippen LogP contribution in [0.2, 0.25) is 0 Å². The van der Waals surface area contributed by atoms with Gasteiger partial charge < -0.3 is 15.4 Å². The molecule has 2 heterocycles. The Morgan fingerprint density at radius 1 is 1.24 bits per heavy atom. The Hall–Kier alpha value is -1.48. The zero-order valence-corrected chi connectivity index (χ0v) is 15.2. The summed E-state index contributed by atoms with van der Waals surface area (Å²) >= 11 is 0. The van der Waals surface area contributed by atoms with Crippen molar-refractivity contribution in [1.29, 1.82) is 0 Å². The van der Waals surface area contributed by atoms with Crippen molar-refractivity contribution in [3.8, 4) is 0 Å². The van der Waals surface area contributed by atoms with Crippen LogP contribution in [-0.4, -0.2) is 69.0 Å². The van der Waals surface area contributed by atoms with Crippen LogP contribution in [0.3, 0.4) is 0 Å². The fourth-order valence-corrected chi connectivity index (χ4v) is 4.88. The van der Waals surface area contributed by atoms with Gasteiger partial charge in [-0.1, -0.05) is 0 Å². The number of benzene rings is 1. The smallest absolute Gasteiger partial charge is 0.254 e. The lowest BCUT2D eigenvalue weighted by molar-refractivity contribution is 0.0730. The maximum Gasteiger partial charge on any atom is 0.254 e. The first kappa shape index (κ1) is 18.3. The van der Waals surface area contributed by atoms with Gasteiger partial charge >= 0.3 is 0 Å². The van der Waals surface area contributed by atoms with E-state index in [0.29, 0.717) is 50.9 Å². The zero-order chi connectivity index (χ0) is 18.0. The van der Waals surface area contributed by atoms with Crippen molar-refractivity contribution >= 4 is 15.9 Å². The molecule has 1 aromatic rings. The second-order valence-corrected chi connectivity index (χ2v) is 8.62. The highest BCUT2D eigenvalue weighted by molar-refractivity contribution is 7.89. The first-order chi connectivity index (χ1) is 11.9. The Morgan fingerprint density at radius 3 is 2.44 bits per heavy atom. The number of carbonyl (C=O) groups is 1. The van der Waals surface area contributed by atoms with Gasteiger partial charge in [0.15, 0.2) is 0 Å². The van der Waals surface area contributed by atoms with Gasteiger partial charge in [0.25, 0.3) is 5.91 Å². The van der Waals surface area contributed by atoms with Crippen molar-refractivity contribution in [3.63, 3.8) is 0 Å². The van der Waals surface area contributed by atoms with E-state index < -0.39 is 10.0 Å². The number of hydrogen-bond donors (Lipinski definition) is 1. The summed E-state index contributed by atoms with van der Waals surface area (Å²) < 4.78 is 31.9. The number of nitrogens with two attached hydrogens (primary N) is 1. The van der Waals surface area contributed by atoms with E-state index in [1.165, 1.54) is 16.4 Å². The van der Waals surface area contributed by atoms with E-state index in [1.807, 2.05) is 11.8 Å². The standard InChI is InChI=1S/C17H25N3O4S/c1-13-10-14(11-18)12-20(13)17(21)15-2-4-16(5-3-15)25(22,23)19-6-8-24-9-7-19/h2-5,13-14H,6-12,18H2,1H3. The molecule has 25 heavy (non-hydrogen) atoms. The fraction of sp³-hybridized carbons (Fsp3) is 0.588. The molecule has 0 bridgehead atoms. The average Bonchev–Trinajstić information content (AvgIpc) is 3.03. The second kappa shape index (κ2) is 7.41. The molecule has 7 nitrogen and oxygen atoms in total. The largest absolute Gasteiger partial charge is 0.379 e. The summed E-state index contributed by atoms with van der Waals surface area (Å²) in [4.78, 5) is 14.7. The number of amides is 1. The molecule has 1 amide bonds. The first-order valence-corrected chi connectivity index (χ1v) is 10.1. The molecule has 2 fully saturated rings. The summed E-state index contributed by atoms with van der Waals surface area (Å²) in [5, 5.41) is 0. The third kappa shape index (κ3) is 3.72. The maximum atomic E-state index is 12.7. The van der Waals surface area contributed by atoms with Gasteiger partial charge in [0.05, 0.1) is 18.1 Å². The monoisotopic (exact) mass is 367 g/mol. The van der Waals surface area contributed by atoms with Crippen molar-refractivity contribution in [2.45, 2.75) is 24.3 Å². The van der Waals surface area contributed by atoms with Crippen molar-refractivity contribution in [1.82, 2.24) is 9.21 Å². The Balaban J connectivity index is 1.75. The molecular formula is C17H25N3O4S. The van der Waals surface area contributed by atoms with Crippen LogP contribution in [0.25, 0.3) is 0 Å². The van der Waals surface area contributed by atoms with Crippen molar-refractivity contribution in [2.75, 3.05) is 39.4 Å². The van der Waals surface area contributed by atoms with Gasteiger partial charge in [-0.3, -0.25) is 4.79 Å². The number of hydrogen-bond acceptors (Lipinski definition) is 5. The predicted molar refractivity (Wildman–Crippen MR) is 93.7 cm³/mol. The van der Waals surface area contributed by atoms with Gasteiger partial charge in [-0.2, -0.15) is 4.31 Å². The van der Waals surface area contributed by atoms with Gasteiger partial charge in [0.2, 0.25) is 10.0 Å². The van der Waals surface area contributed by atoms with Crippen LogP contribution >= 0.6 is 0 Å². The van der Waals surface area contributed by atoms with E-state index >= 15 is 0 Å². The predicted octanol–water partition coefficient (Wildman–Crippen LogP) is 0.517. The number of nitrogens with zero attached hydrogens (tertiary/aromatic N) is 2. The van der Waals surface area contributed by atoms with Gasteiger partial charge in [-0.05, 0) is 50.1 Å². The number of ether oxygens (including phenoxy) is 1. The summed E-state index contributed by atoms with van der Waals surface area (Å²) in [7, 11) is -3.54. The molecule has 8 heteroatoms. The highest BCUT2D eigenvalue weighted by Crippen LogP contribution is 2.25. The van der Waals surface area contributed by atoms with Crippen LogP contribution in [0.1, 0.15) is 23.7 Å². The number of rotatable bonds is 4. The fourth-order valence-electron chi connectivity index (χ4n) is 3.47. The van der Waals surface area contributed by atoms with Crippen LogP contribution in [0.4, 0.5) is 0 Å². The molecule has 0 aromatic heterocycles. The van der Waals surface area contributed by atoms with Crippen LogP contribution < -0.4 is 5.73 Å². The minimum atomic E-state index is -3.54. The van der Waals surface area contributed by atoms with Gasteiger partial charge in [-0.25, -0.2) is 8.42 Å². The molecule has 0 aliphatic carbocycles. The molecule has 2 aliphatic heterocycles. The van der Waals surface area contributed by atoms with E-state index in [9.17, 15) is 13.2 Å². The molecule has 0 spiro atoms. The molecule has 2 unspecified atom stereocenters. The van der Waals surface area contributed by atoms with Crippen LogP contribution in [0.15, 0.2) is 29.2 Å². The van der Waals surface area contributed by atoms with Gasteiger partial charge in [-0.15, -0.1) is 0 Å². The Morgan fingerprint density at radius 2 is 1.88 bits per heavy atom. The topological polar surface area (TPSA) is 92.9 Å². The third-order valence-corrected chi connectivity index (χ3v) is 6.88. The highest BCUT2D eigenvalue weighted by atomic mass is 32.2. The number of carbonyl (C=O) groups excluding carboxylic acids is 1. The third-order valence-electron chi connectivity index (χ3n) is 4.96. The van der Waals surface area contributed by atoms with E-state index in [0.717, 1.165) is 6.42 Å². The summed E-state index contributed by atoms with van der Waals surface area (Å²) in [6, 6.07) is 6.37. The average molecular weight is 367 g/mol. The first-order valence-electron chi connectivity index (χ1n) is 8.62. The SMILES string of the molecule is CC1CC(CN)CN1C(=O)c1ccc(S(=O)(=O)N2CCOCC2)cc1. The lowest BCUT2D eigenvalue weighted by atomic mass is 10.1. The second-order valence-electron chi connectivity index (χ2n) is 6.68.